The zero-order valence-corrected chi connectivity index (χ0v) is 17.5. The van der Waals surface area contributed by atoms with Gasteiger partial charge in [-0.3, -0.25) is 9.69 Å². The smallest absolute Gasteiger partial charge is 0.234 e. The van der Waals surface area contributed by atoms with Crippen molar-refractivity contribution in [3.63, 3.8) is 0 Å². The quantitative estimate of drug-likeness (QED) is 0.686. The lowest BCUT2D eigenvalue weighted by atomic mass is 10.3. The monoisotopic (exact) mass is 416 g/mol. The number of nitrogens with one attached hydrogen (secondary N) is 2. The molecule has 11 heteroatoms. The summed E-state index contributed by atoms with van der Waals surface area (Å²) in [7, 11) is 1.57. The van der Waals surface area contributed by atoms with Gasteiger partial charge in [0.1, 0.15) is 17.3 Å². The van der Waals surface area contributed by atoms with Gasteiger partial charge in [0.25, 0.3) is 0 Å². The molecule has 1 aliphatic heterocycles. The number of ether oxygens (including phenoxy) is 1. The zero-order chi connectivity index (χ0) is 20.8. The number of nitriles is 1. The average molecular weight is 417 g/mol. The van der Waals surface area contributed by atoms with Crippen molar-refractivity contribution in [3.05, 3.63) is 17.4 Å². The van der Waals surface area contributed by atoms with Gasteiger partial charge < -0.3 is 20.3 Å². The van der Waals surface area contributed by atoms with E-state index < -0.39 is 0 Å². The number of carbonyl (C=O) groups excluding carboxylic acids is 1. The molecule has 0 spiro atoms. The molecular weight excluding hydrogens is 392 g/mol. The Bertz CT molecular complexity index is 886. The normalized spacial score (nSPS) is 14.5. The lowest BCUT2D eigenvalue weighted by Crippen LogP contribution is -2.50. The van der Waals surface area contributed by atoms with E-state index >= 15 is 0 Å². The Labute approximate surface area is 173 Å². The van der Waals surface area contributed by atoms with Gasteiger partial charge in [-0.15, -0.1) is 0 Å². The number of amides is 1. The molecular formula is C18H24N8O2S. The molecule has 0 unspecified atom stereocenters. The van der Waals surface area contributed by atoms with Gasteiger partial charge >= 0.3 is 0 Å². The summed E-state index contributed by atoms with van der Waals surface area (Å²) in [5.41, 5.74) is 0. The Morgan fingerprint density at radius 2 is 2.07 bits per heavy atom. The van der Waals surface area contributed by atoms with E-state index in [0.717, 1.165) is 26.2 Å². The van der Waals surface area contributed by atoms with Crippen molar-refractivity contribution in [2.75, 3.05) is 50.1 Å². The van der Waals surface area contributed by atoms with Gasteiger partial charge in [-0.05, 0) is 13.8 Å². The number of anilines is 3. The van der Waals surface area contributed by atoms with Crippen molar-refractivity contribution in [2.45, 2.75) is 19.9 Å². The lowest BCUT2D eigenvalue weighted by Gasteiger charge is -2.35. The van der Waals surface area contributed by atoms with Crippen LogP contribution in [0.5, 0.6) is 5.75 Å². The van der Waals surface area contributed by atoms with Crippen LogP contribution in [0.1, 0.15) is 18.7 Å². The second kappa shape index (κ2) is 9.49. The Morgan fingerprint density at radius 3 is 2.69 bits per heavy atom. The fourth-order valence-corrected chi connectivity index (χ4v) is 3.65. The minimum absolute atomic E-state index is 0.0414. The lowest BCUT2D eigenvalue weighted by molar-refractivity contribution is -0.122. The molecule has 2 aromatic rings. The number of rotatable bonds is 7. The Balaban J connectivity index is 1.67. The molecule has 1 fully saturated rings. The van der Waals surface area contributed by atoms with Crippen molar-refractivity contribution in [3.8, 4) is 11.8 Å². The van der Waals surface area contributed by atoms with Gasteiger partial charge in [0.05, 0.1) is 19.9 Å². The van der Waals surface area contributed by atoms with E-state index in [1.165, 1.54) is 23.9 Å². The predicted molar refractivity (Wildman–Crippen MR) is 111 cm³/mol. The first kappa shape index (κ1) is 20.8. The Hall–Kier alpha value is -2.97. The second-order valence-electron chi connectivity index (χ2n) is 6.83. The summed E-state index contributed by atoms with van der Waals surface area (Å²) < 4.78 is 5.58. The molecule has 2 N–H and O–H groups in total. The highest BCUT2D eigenvalue weighted by atomic mass is 32.1. The molecule has 0 saturated carbocycles. The van der Waals surface area contributed by atoms with Crippen molar-refractivity contribution in [1.29, 1.82) is 5.26 Å². The van der Waals surface area contributed by atoms with E-state index in [2.05, 4.69) is 41.5 Å². The number of methoxy groups -OCH3 is 1. The van der Waals surface area contributed by atoms with Gasteiger partial charge in [-0.25, -0.2) is 15.0 Å². The molecule has 1 saturated heterocycles. The summed E-state index contributed by atoms with van der Waals surface area (Å²) in [6.45, 7) is 7.24. The van der Waals surface area contributed by atoms with E-state index in [9.17, 15) is 4.79 Å². The van der Waals surface area contributed by atoms with Crippen LogP contribution in [0.15, 0.2) is 12.5 Å². The summed E-state index contributed by atoms with van der Waals surface area (Å²) in [6, 6.07) is 2.20. The summed E-state index contributed by atoms with van der Waals surface area (Å²) in [5, 5.41) is 15.5. The maximum Gasteiger partial charge on any atom is 0.234 e. The minimum Gasteiger partial charge on any atom is -0.490 e. The number of hydrogen-bond acceptors (Lipinski definition) is 10. The van der Waals surface area contributed by atoms with Crippen LogP contribution < -0.4 is 20.3 Å². The number of piperazine rings is 1. The van der Waals surface area contributed by atoms with Crippen LogP contribution in [0.4, 0.5) is 16.8 Å². The standard InChI is InChI=1S/C18H24N8O2S/c1-12(2)23-14(27)10-25-4-6-26(7-5-25)17-15(28-3)16(21-11-22-17)24-18-20-9-13(8-19)29-18/h9,11-12H,4-7,10H2,1-3H3,(H,23,27)(H,20,21,22,24). The fourth-order valence-electron chi connectivity index (χ4n) is 3.04. The molecule has 0 aliphatic carbocycles. The van der Waals surface area contributed by atoms with E-state index in [1.54, 1.807) is 7.11 Å². The number of carbonyl (C=O) groups is 1. The average Bonchev–Trinajstić information content (AvgIpc) is 3.15. The summed E-state index contributed by atoms with van der Waals surface area (Å²) in [4.78, 5) is 29.6. The molecule has 2 aromatic heterocycles. The number of aromatic nitrogens is 3. The third kappa shape index (κ3) is 5.30. The summed E-state index contributed by atoms with van der Waals surface area (Å²) in [5.74, 6) is 1.75. The third-order valence-electron chi connectivity index (χ3n) is 4.32. The topological polar surface area (TPSA) is 119 Å². The maximum absolute atomic E-state index is 12.0. The number of thiazole rings is 1. The molecule has 29 heavy (non-hydrogen) atoms. The van der Waals surface area contributed by atoms with Gasteiger partial charge in [-0.2, -0.15) is 5.26 Å². The predicted octanol–water partition coefficient (Wildman–Crippen LogP) is 1.20. The first-order valence-electron chi connectivity index (χ1n) is 9.28. The second-order valence-corrected chi connectivity index (χ2v) is 7.86. The Morgan fingerprint density at radius 1 is 1.31 bits per heavy atom. The molecule has 0 aromatic carbocycles. The van der Waals surface area contributed by atoms with Crippen LogP contribution in [-0.4, -0.2) is 71.6 Å². The van der Waals surface area contributed by atoms with E-state index in [-0.39, 0.29) is 11.9 Å². The molecule has 3 rings (SSSR count). The van der Waals surface area contributed by atoms with Crippen molar-refractivity contribution in [1.82, 2.24) is 25.2 Å². The molecule has 0 atom stereocenters. The van der Waals surface area contributed by atoms with Crippen LogP contribution in [0.25, 0.3) is 0 Å². The molecule has 1 aliphatic rings. The first-order chi connectivity index (χ1) is 14.0. The number of nitrogens with zero attached hydrogens (tertiary/aromatic N) is 6. The SMILES string of the molecule is COc1c(Nc2ncc(C#N)s2)ncnc1N1CCN(CC(=O)NC(C)C)CC1. The van der Waals surface area contributed by atoms with Crippen LogP contribution >= 0.6 is 11.3 Å². The molecule has 154 valence electrons. The van der Waals surface area contributed by atoms with Crippen LogP contribution in [0, 0.1) is 11.3 Å². The Kier molecular flexibility index (Phi) is 6.79. The first-order valence-corrected chi connectivity index (χ1v) is 10.1. The van der Waals surface area contributed by atoms with E-state index in [0.29, 0.717) is 33.9 Å². The molecule has 0 radical (unpaired) electrons. The van der Waals surface area contributed by atoms with Gasteiger partial charge in [-0.1, -0.05) is 11.3 Å². The van der Waals surface area contributed by atoms with Crippen molar-refractivity contribution in [2.24, 2.45) is 0 Å². The fraction of sp³-hybridized carbons (Fsp3) is 0.500. The van der Waals surface area contributed by atoms with E-state index in [4.69, 9.17) is 10.00 Å². The summed E-state index contributed by atoms with van der Waals surface area (Å²) >= 11 is 1.24. The highest BCUT2D eigenvalue weighted by Crippen LogP contribution is 2.34. The van der Waals surface area contributed by atoms with Crippen LogP contribution in [0.2, 0.25) is 0 Å². The van der Waals surface area contributed by atoms with Crippen LogP contribution in [-0.2, 0) is 4.79 Å². The molecule has 0 bridgehead atoms. The van der Waals surface area contributed by atoms with E-state index in [1.807, 2.05) is 13.8 Å². The van der Waals surface area contributed by atoms with Crippen molar-refractivity contribution < 1.29 is 9.53 Å². The molecule has 1 amide bonds. The minimum atomic E-state index is 0.0414. The van der Waals surface area contributed by atoms with Crippen LogP contribution in [0.3, 0.4) is 0 Å². The maximum atomic E-state index is 12.0. The summed E-state index contributed by atoms with van der Waals surface area (Å²) in [6.07, 6.45) is 2.98. The van der Waals surface area contributed by atoms with Gasteiger partial charge in [0, 0.05) is 32.2 Å². The largest absolute Gasteiger partial charge is 0.490 e. The highest BCUT2D eigenvalue weighted by molar-refractivity contribution is 7.16. The molecule has 10 nitrogen and oxygen atoms in total. The third-order valence-corrected chi connectivity index (χ3v) is 5.14. The highest BCUT2D eigenvalue weighted by Gasteiger charge is 2.24. The van der Waals surface area contributed by atoms with Gasteiger partial charge in [0.15, 0.2) is 16.8 Å². The molecule has 3 heterocycles. The zero-order valence-electron chi connectivity index (χ0n) is 16.7. The van der Waals surface area contributed by atoms with Crippen molar-refractivity contribution >= 4 is 34.0 Å². The van der Waals surface area contributed by atoms with Gasteiger partial charge in [0.2, 0.25) is 11.7 Å². The number of hydrogen-bond donors (Lipinski definition) is 2.